The molecule has 2 aromatic rings. The Kier molecular flexibility index (Phi) is 5.38. The van der Waals surface area contributed by atoms with Gasteiger partial charge in [0.2, 0.25) is 0 Å². The lowest BCUT2D eigenvalue weighted by molar-refractivity contribution is -0.137. The van der Waals surface area contributed by atoms with Crippen LogP contribution in [0, 0.1) is 0 Å². The molecular formula is C15H13ClF3NO4S. The van der Waals surface area contributed by atoms with Crippen LogP contribution in [0.25, 0.3) is 0 Å². The van der Waals surface area contributed by atoms with Crippen molar-refractivity contribution in [3.05, 3.63) is 47.0 Å². The molecule has 0 aromatic heterocycles. The monoisotopic (exact) mass is 395 g/mol. The summed E-state index contributed by atoms with van der Waals surface area (Å²) in [6.07, 6.45) is -4.78. The molecule has 0 radical (unpaired) electrons. The molecule has 0 aliphatic carbocycles. The number of hydrogen-bond acceptors (Lipinski definition) is 4. The van der Waals surface area contributed by atoms with Gasteiger partial charge in [0.25, 0.3) is 10.0 Å². The molecule has 5 nitrogen and oxygen atoms in total. The fourth-order valence-electron chi connectivity index (χ4n) is 1.97. The lowest BCUT2D eigenvalue weighted by atomic mass is 10.2. The molecule has 0 atom stereocenters. The molecule has 0 bridgehead atoms. The van der Waals surface area contributed by atoms with Crippen LogP contribution in [0.3, 0.4) is 0 Å². The summed E-state index contributed by atoms with van der Waals surface area (Å²) in [6, 6.07) is 6.58. The van der Waals surface area contributed by atoms with Gasteiger partial charge in [-0.05, 0) is 18.2 Å². The Morgan fingerprint density at radius 2 is 1.56 bits per heavy atom. The van der Waals surface area contributed by atoms with E-state index in [1.807, 2.05) is 0 Å². The van der Waals surface area contributed by atoms with E-state index in [0.29, 0.717) is 17.6 Å². The number of anilines is 1. The zero-order valence-electron chi connectivity index (χ0n) is 13.0. The fraction of sp³-hybridized carbons (Fsp3) is 0.200. The van der Waals surface area contributed by atoms with Crippen LogP contribution in [-0.2, 0) is 16.2 Å². The van der Waals surface area contributed by atoms with E-state index in [1.54, 1.807) is 0 Å². The molecule has 136 valence electrons. The Hall–Kier alpha value is -2.13. The minimum atomic E-state index is -4.78. The van der Waals surface area contributed by atoms with Crippen molar-refractivity contribution in [3.63, 3.8) is 0 Å². The van der Waals surface area contributed by atoms with Gasteiger partial charge in [-0.25, -0.2) is 8.42 Å². The highest BCUT2D eigenvalue weighted by Gasteiger charge is 2.34. The Morgan fingerprint density at radius 3 is 2.04 bits per heavy atom. The maximum Gasteiger partial charge on any atom is 0.417 e. The van der Waals surface area contributed by atoms with E-state index < -0.39 is 31.7 Å². The van der Waals surface area contributed by atoms with Crippen molar-refractivity contribution in [1.82, 2.24) is 0 Å². The Balaban J connectivity index is 2.44. The van der Waals surface area contributed by atoms with Crippen LogP contribution in [0.5, 0.6) is 11.5 Å². The van der Waals surface area contributed by atoms with Crippen LogP contribution in [0.4, 0.5) is 18.9 Å². The number of alkyl halides is 3. The minimum Gasteiger partial charge on any atom is -0.497 e. The molecule has 0 fully saturated rings. The predicted molar refractivity (Wildman–Crippen MR) is 86.8 cm³/mol. The smallest absolute Gasteiger partial charge is 0.417 e. The van der Waals surface area contributed by atoms with E-state index in [4.69, 9.17) is 21.1 Å². The van der Waals surface area contributed by atoms with Gasteiger partial charge in [-0.2, -0.15) is 13.2 Å². The second kappa shape index (κ2) is 7.01. The molecule has 0 heterocycles. The number of halogens is 4. The maximum absolute atomic E-state index is 12.9. The quantitative estimate of drug-likeness (QED) is 0.825. The number of rotatable bonds is 5. The van der Waals surface area contributed by atoms with Crippen LogP contribution in [-0.4, -0.2) is 22.6 Å². The summed E-state index contributed by atoms with van der Waals surface area (Å²) in [4.78, 5) is -0.578. The molecule has 0 spiro atoms. The molecule has 1 N–H and O–H groups in total. The summed E-state index contributed by atoms with van der Waals surface area (Å²) in [5, 5.41) is -0.588. The van der Waals surface area contributed by atoms with Gasteiger partial charge in [-0.15, -0.1) is 0 Å². The third-order valence-electron chi connectivity index (χ3n) is 3.16. The van der Waals surface area contributed by atoms with Crippen LogP contribution >= 0.6 is 11.6 Å². The number of benzene rings is 2. The lowest BCUT2D eigenvalue weighted by Crippen LogP contribution is -2.15. The average molecular weight is 396 g/mol. The summed E-state index contributed by atoms with van der Waals surface area (Å²) >= 11 is 5.50. The van der Waals surface area contributed by atoms with Gasteiger partial charge in [0.15, 0.2) is 0 Å². The number of hydrogen-bond donors (Lipinski definition) is 1. The van der Waals surface area contributed by atoms with Gasteiger partial charge in [0.05, 0.1) is 35.4 Å². The number of methoxy groups -OCH3 is 2. The topological polar surface area (TPSA) is 64.6 Å². The highest BCUT2D eigenvalue weighted by molar-refractivity contribution is 7.92. The van der Waals surface area contributed by atoms with Crippen molar-refractivity contribution in [2.45, 2.75) is 11.1 Å². The van der Waals surface area contributed by atoms with E-state index in [-0.39, 0.29) is 5.69 Å². The second-order valence-electron chi connectivity index (χ2n) is 4.85. The van der Waals surface area contributed by atoms with Crippen molar-refractivity contribution < 1.29 is 31.1 Å². The van der Waals surface area contributed by atoms with Crippen LogP contribution in [0.15, 0.2) is 41.3 Å². The first-order chi connectivity index (χ1) is 11.6. The molecule has 0 amide bonds. The van der Waals surface area contributed by atoms with Gasteiger partial charge in [0.1, 0.15) is 11.5 Å². The molecule has 0 aliphatic rings. The predicted octanol–water partition coefficient (Wildman–Crippen LogP) is 4.18. The normalized spacial score (nSPS) is 11.9. The third-order valence-corrected chi connectivity index (χ3v) is 4.87. The summed E-state index contributed by atoms with van der Waals surface area (Å²) in [7, 11) is -1.53. The summed E-state index contributed by atoms with van der Waals surface area (Å²) < 4.78 is 75.7. The van der Waals surface area contributed by atoms with Crippen molar-refractivity contribution in [1.29, 1.82) is 0 Å². The molecular weight excluding hydrogens is 383 g/mol. The first-order valence-corrected chi connectivity index (χ1v) is 8.55. The van der Waals surface area contributed by atoms with Gasteiger partial charge < -0.3 is 9.47 Å². The van der Waals surface area contributed by atoms with Crippen LogP contribution in [0.2, 0.25) is 5.02 Å². The van der Waals surface area contributed by atoms with E-state index in [1.165, 1.54) is 32.4 Å². The van der Waals surface area contributed by atoms with E-state index in [2.05, 4.69) is 4.72 Å². The average Bonchev–Trinajstić information content (AvgIpc) is 2.53. The molecule has 0 saturated carbocycles. The summed E-state index contributed by atoms with van der Waals surface area (Å²) in [6.45, 7) is 0. The van der Waals surface area contributed by atoms with Crippen molar-refractivity contribution >= 4 is 27.3 Å². The summed E-state index contributed by atoms with van der Waals surface area (Å²) in [5.74, 6) is 0.619. The standard InChI is InChI=1S/C15H13ClF3NO4S/c1-23-10-5-9(6-11(7-10)24-2)20-25(21,22)12-3-4-14(16)13(8-12)15(17,18)19/h3-8,20H,1-2H3. The third kappa shape index (κ3) is 4.49. The number of sulfonamides is 1. The number of nitrogens with one attached hydrogen (secondary N) is 1. The van der Waals surface area contributed by atoms with Crippen molar-refractivity contribution in [2.24, 2.45) is 0 Å². The lowest BCUT2D eigenvalue weighted by Gasteiger charge is -2.13. The van der Waals surface area contributed by atoms with Gasteiger partial charge in [-0.1, -0.05) is 11.6 Å². The molecule has 0 aliphatic heterocycles. The van der Waals surface area contributed by atoms with E-state index in [9.17, 15) is 21.6 Å². The number of ether oxygens (including phenoxy) is 2. The maximum atomic E-state index is 12.9. The Labute approximate surface area is 147 Å². The molecule has 0 saturated heterocycles. The first-order valence-electron chi connectivity index (χ1n) is 6.69. The first kappa shape index (κ1) is 19.2. The zero-order chi connectivity index (χ0) is 18.8. The van der Waals surface area contributed by atoms with Gasteiger partial charge in [0, 0.05) is 18.2 Å². The molecule has 25 heavy (non-hydrogen) atoms. The Morgan fingerprint density at radius 1 is 1.00 bits per heavy atom. The van der Waals surface area contributed by atoms with Crippen LogP contribution < -0.4 is 14.2 Å². The molecule has 2 aromatic carbocycles. The van der Waals surface area contributed by atoms with Gasteiger partial charge >= 0.3 is 6.18 Å². The van der Waals surface area contributed by atoms with Gasteiger partial charge in [-0.3, -0.25) is 4.72 Å². The second-order valence-corrected chi connectivity index (χ2v) is 6.94. The zero-order valence-corrected chi connectivity index (χ0v) is 14.6. The minimum absolute atomic E-state index is 0.0692. The van der Waals surface area contributed by atoms with E-state index in [0.717, 1.165) is 12.1 Å². The molecule has 10 heteroatoms. The van der Waals surface area contributed by atoms with Crippen molar-refractivity contribution in [2.75, 3.05) is 18.9 Å². The van der Waals surface area contributed by atoms with Crippen molar-refractivity contribution in [3.8, 4) is 11.5 Å². The highest BCUT2D eigenvalue weighted by atomic mass is 35.5. The SMILES string of the molecule is COc1cc(NS(=O)(=O)c2ccc(Cl)c(C(F)(F)F)c2)cc(OC)c1. The molecule has 2 rings (SSSR count). The fourth-order valence-corrected chi connectivity index (χ4v) is 3.26. The largest absolute Gasteiger partial charge is 0.497 e. The van der Waals surface area contributed by atoms with E-state index >= 15 is 0 Å². The summed E-state index contributed by atoms with van der Waals surface area (Å²) in [5.41, 5.74) is -1.17. The molecule has 0 unspecified atom stereocenters. The van der Waals surface area contributed by atoms with Crippen LogP contribution in [0.1, 0.15) is 5.56 Å². The highest BCUT2D eigenvalue weighted by Crippen LogP contribution is 2.36. The Bertz CT molecular complexity index is 863.